The largest absolute Gasteiger partial charge is 0.490 e. The summed E-state index contributed by atoms with van der Waals surface area (Å²) in [4.78, 5) is 37.3. The molecule has 0 fully saturated rings. The molecular formula is C23H20N4O5. The van der Waals surface area contributed by atoms with Crippen molar-refractivity contribution in [3.8, 4) is 11.8 Å². The Kier molecular flexibility index (Phi) is 6.98. The van der Waals surface area contributed by atoms with Crippen LogP contribution in [0.25, 0.3) is 0 Å². The van der Waals surface area contributed by atoms with Crippen LogP contribution in [0.3, 0.4) is 0 Å². The number of nitrogens with one attached hydrogen (secondary N) is 1. The summed E-state index contributed by atoms with van der Waals surface area (Å²) in [6, 6.07) is 17.3. The van der Waals surface area contributed by atoms with Gasteiger partial charge in [0.1, 0.15) is 30.6 Å². The molecule has 9 nitrogen and oxygen atoms in total. The summed E-state index contributed by atoms with van der Waals surface area (Å²) >= 11 is 0. The van der Waals surface area contributed by atoms with Crippen molar-refractivity contribution in [1.29, 1.82) is 5.26 Å². The number of amides is 2. The lowest BCUT2D eigenvalue weighted by Crippen LogP contribution is -2.44. The number of carbonyl (C=O) groups is 3. The van der Waals surface area contributed by atoms with E-state index in [2.05, 4.69) is 10.5 Å². The number of carbonyl (C=O) groups excluding carboxylic acids is 3. The lowest BCUT2D eigenvalue weighted by Gasteiger charge is -2.22. The topological polar surface area (TPSA) is 121 Å². The van der Waals surface area contributed by atoms with Crippen LogP contribution in [-0.2, 0) is 14.3 Å². The van der Waals surface area contributed by atoms with Gasteiger partial charge in [-0.3, -0.25) is 19.9 Å². The molecule has 1 N–H and O–H groups in total. The zero-order chi connectivity index (χ0) is 23.1. The number of esters is 1. The van der Waals surface area contributed by atoms with Gasteiger partial charge in [0.2, 0.25) is 0 Å². The number of ether oxygens (including phenoxy) is 2. The van der Waals surface area contributed by atoms with Crippen LogP contribution >= 0.6 is 0 Å². The van der Waals surface area contributed by atoms with Gasteiger partial charge in [-0.2, -0.15) is 10.4 Å². The van der Waals surface area contributed by atoms with Gasteiger partial charge in [0.25, 0.3) is 11.8 Å². The van der Waals surface area contributed by atoms with E-state index in [-0.39, 0.29) is 30.1 Å². The van der Waals surface area contributed by atoms with Crippen LogP contribution < -0.4 is 10.2 Å². The molecule has 2 aromatic rings. The highest BCUT2D eigenvalue weighted by molar-refractivity contribution is 6.50. The number of rotatable bonds is 7. The molecule has 0 saturated heterocycles. The van der Waals surface area contributed by atoms with E-state index in [9.17, 15) is 14.4 Å². The molecule has 32 heavy (non-hydrogen) atoms. The van der Waals surface area contributed by atoms with Crippen molar-refractivity contribution in [2.24, 2.45) is 5.10 Å². The van der Waals surface area contributed by atoms with Crippen molar-refractivity contribution < 1.29 is 23.9 Å². The van der Waals surface area contributed by atoms with Crippen molar-refractivity contribution in [2.75, 3.05) is 25.7 Å². The Labute approximate surface area is 184 Å². The first kappa shape index (κ1) is 22.2. The number of nitriles is 1. The molecule has 0 aliphatic carbocycles. The lowest BCUT2D eigenvalue weighted by atomic mass is 10.00. The van der Waals surface area contributed by atoms with Gasteiger partial charge in [-0.25, -0.2) is 4.79 Å². The number of hydrogen-bond acceptors (Lipinski definition) is 8. The zero-order valence-electron chi connectivity index (χ0n) is 17.5. The Bertz CT molecular complexity index is 1130. The molecule has 0 radical (unpaired) electrons. The van der Waals surface area contributed by atoms with Crippen molar-refractivity contribution in [2.45, 2.75) is 6.92 Å². The lowest BCUT2D eigenvalue weighted by molar-refractivity contribution is -0.136. The summed E-state index contributed by atoms with van der Waals surface area (Å²) in [6.07, 6.45) is 0. The maximum Gasteiger partial charge on any atom is 0.338 e. The summed E-state index contributed by atoms with van der Waals surface area (Å²) < 4.78 is 10.7. The molecule has 0 atom stereocenters. The third-order valence-electron chi connectivity index (χ3n) is 4.61. The van der Waals surface area contributed by atoms with E-state index in [1.54, 1.807) is 30.3 Å². The summed E-state index contributed by atoms with van der Waals surface area (Å²) in [6.45, 7) is 1.82. The second kappa shape index (κ2) is 10.0. The number of benzene rings is 2. The highest BCUT2D eigenvalue weighted by Crippen LogP contribution is 2.18. The van der Waals surface area contributed by atoms with Gasteiger partial charge in [-0.05, 0) is 43.3 Å². The Balaban J connectivity index is 1.58. The molecule has 2 aromatic carbocycles. The van der Waals surface area contributed by atoms with E-state index >= 15 is 0 Å². The van der Waals surface area contributed by atoms with E-state index in [0.29, 0.717) is 17.0 Å². The smallest absolute Gasteiger partial charge is 0.338 e. The van der Waals surface area contributed by atoms with Crippen molar-refractivity contribution in [3.05, 3.63) is 71.3 Å². The number of nitrogens with zero attached hydrogens (tertiary/aromatic N) is 3. The predicted molar refractivity (Wildman–Crippen MR) is 116 cm³/mol. The van der Waals surface area contributed by atoms with Gasteiger partial charge in [-0.1, -0.05) is 18.2 Å². The van der Waals surface area contributed by atoms with Gasteiger partial charge < -0.3 is 9.47 Å². The summed E-state index contributed by atoms with van der Waals surface area (Å²) in [5.41, 5.74) is 3.57. The highest BCUT2D eigenvalue weighted by Gasteiger charge is 2.34. The number of hydrogen-bond donors (Lipinski definition) is 1. The molecule has 0 bridgehead atoms. The first-order chi connectivity index (χ1) is 15.4. The summed E-state index contributed by atoms with van der Waals surface area (Å²) in [7, 11) is 1.29. The maximum absolute atomic E-state index is 12.3. The van der Waals surface area contributed by atoms with Crippen LogP contribution in [0.5, 0.6) is 5.75 Å². The molecule has 1 aliphatic heterocycles. The van der Waals surface area contributed by atoms with Crippen LogP contribution in [0.1, 0.15) is 17.3 Å². The number of imide groups is 1. The third kappa shape index (κ3) is 4.99. The normalized spacial score (nSPS) is 14.9. The van der Waals surface area contributed by atoms with Crippen LogP contribution in [0, 0.1) is 11.3 Å². The van der Waals surface area contributed by atoms with E-state index < -0.39 is 17.8 Å². The Hall–Kier alpha value is -4.45. The van der Waals surface area contributed by atoms with Gasteiger partial charge in [0.05, 0.1) is 11.3 Å². The molecule has 0 unspecified atom stereocenters. The van der Waals surface area contributed by atoms with E-state index in [0.717, 1.165) is 4.90 Å². The molecule has 0 aromatic heterocycles. The fourth-order valence-corrected chi connectivity index (χ4v) is 2.82. The third-order valence-corrected chi connectivity index (χ3v) is 4.61. The molecule has 162 valence electrons. The minimum absolute atomic E-state index is 0.0365. The number of likely N-dealkylation sites (N-methyl/N-ethyl adjacent to an activating group) is 1. The Morgan fingerprint density at radius 2 is 1.75 bits per heavy atom. The zero-order valence-corrected chi connectivity index (χ0v) is 17.5. The Morgan fingerprint density at radius 3 is 2.41 bits per heavy atom. The minimum Gasteiger partial charge on any atom is -0.490 e. The fourth-order valence-electron chi connectivity index (χ4n) is 2.82. The summed E-state index contributed by atoms with van der Waals surface area (Å²) in [5.74, 6) is -1.08. The number of para-hydroxylation sites is 1. The average molecular weight is 432 g/mol. The monoisotopic (exact) mass is 432 g/mol. The van der Waals surface area contributed by atoms with Crippen LogP contribution in [0.15, 0.2) is 70.8 Å². The highest BCUT2D eigenvalue weighted by atomic mass is 16.6. The van der Waals surface area contributed by atoms with Gasteiger partial charge >= 0.3 is 5.97 Å². The van der Waals surface area contributed by atoms with E-state index in [1.807, 2.05) is 30.3 Å². The van der Waals surface area contributed by atoms with Gasteiger partial charge in [-0.15, -0.1) is 0 Å². The standard InChI is InChI=1S/C23H20N4O5/c1-15-19(14-24)21(28)27(2)22(29)20(15)26-25-17-10-8-16(9-11-17)23(30)32-13-12-31-18-6-4-3-5-7-18/h3-11,25H,12-13H2,1-2H3/b26-20-. The van der Waals surface area contributed by atoms with E-state index in [1.165, 1.54) is 14.0 Å². The number of anilines is 1. The summed E-state index contributed by atoms with van der Waals surface area (Å²) in [5, 5.41) is 13.2. The molecule has 9 heteroatoms. The van der Waals surface area contributed by atoms with Crippen LogP contribution in [0.4, 0.5) is 5.69 Å². The van der Waals surface area contributed by atoms with Crippen molar-refractivity contribution >= 4 is 29.2 Å². The molecule has 2 amide bonds. The molecule has 0 spiro atoms. The molecule has 3 rings (SSSR count). The second-order valence-electron chi connectivity index (χ2n) is 6.73. The SMILES string of the molecule is CC1=C(C#N)C(=O)N(C)C(=O)/C1=N\Nc1ccc(C(=O)OCCOc2ccccc2)cc1. The first-order valence-corrected chi connectivity index (χ1v) is 9.65. The fraction of sp³-hybridized carbons (Fsp3) is 0.174. The predicted octanol–water partition coefficient (Wildman–Crippen LogP) is 2.53. The molecule has 0 saturated carbocycles. The maximum atomic E-state index is 12.3. The van der Waals surface area contributed by atoms with Gasteiger partial charge in [0, 0.05) is 12.6 Å². The first-order valence-electron chi connectivity index (χ1n) is 9.65. The Morgan fingerprint density at radius 1 is 1.06 bits per heavy atom. The molecule has 1 aliphatic rings. The van der Waals surface area contributed by atoms with E-state index in [4.69, 9.17) is 14.7 Å². The van der Waals surface area contributed by atoms with Crippen LogP contribution in [-0.4, -0.2) is 48.7 Å². The molecule has 1 heterocycles. The average Bonchev–Trinajstić information content (AvgIpc) is 2.82. The van der Waals surface area contributed by atoms with Crippen LogP contribution in [0.2, 0.25) is 0 Å². The minimum atomic E-state index is -0.661. The van der Waals surface area contributed by atoms with Crippen molar-refractivity contribution in [1.82, 2.24) is 4.90 Å². The quantitative estimate of drug-likeness (QED) is 0.309. The van der Waals surface area contributed by atoms with Crippen molar-refractivity contribution in [3.63, 3.8) is 0 Å². The number of hydrazone groups is 1. The second-order valence-corrected chi connectivity index (χ2v) is 6.73. The molecular weight excluding hydrogens is 412 g/mol. The van der Waals surface area contributed by atoms with Gasteiger partial charge in [0.15, 0.2) is 5.71 Å².